The summed E-state index contributed by atoms with van der Waals surface area (Å²) >= 11 is 0. The predicted molar refractivity (Wildman–Crippen MR) is 96.5 cm³/mol. The van der Waals surface area contributed by atoms with Crippen molar-refractivity contribution in [2.45, 2.75) is 52.0 Å². The van der Waals surface area contributed by atoms with Crippen molar-refractivity contribution < 1.29 is 4.79 Å². The van der Waals surface area contributed by atoms with Crippen molar-refractivity contribution in [3.05, 3.63) is 34.9 Å². The molecule has 1 fully saturated rings. The van der Waals surface area contributed by atoms with Gasteiger partial charge in [-0.3, -0.25) is 14.6 Å². The van der Waals surface area contributed by atoms with E-state index in [9.17, 15) is 4.79 Å². The number of hydrogen-bond donors (Lipinski definition) is 3. The average Bonchev–Trinajstić information content (AvgIpc) is 3.20. The highest BCUT2D eigenvalue weighted by Gasteiger charge is 2.19. The minimum atomic E-state index is 0.0226. The van der Waals surface area contributed by atoms with Gasteiger partial charge in [0.05, 0.1) is 5.69 Å². The van der Waals surface area contributed by atoms with E-state index in [0.29, 0.717) is 19.0 Å². The van der Waals surface area contributed by atoms with Crippen molar-refractivity contribution in [2.24, 2.45) is 0 Å². The number of nitrogens with one attached hydrogen (secondary N) is 3. The number of rotatable bonds is 7. The lowest BCUT2D eigenvalue weighted by Crippen LogP contribution is -2.32. The molecule has 0 bridgehead atoms. The summed E-state index contributed by atoms with van der Waals surface area (Å²) in [4.78, 5) is 12.2. The van der Waals surface area contributed by atoms with Crippen LogP contribution in [0.15, 0.2) is 12.3 Å². The molecule has 3 rings (SSSR count). The Hall–Kier alpha value is -2.15. The van der Waals surface area contributed by atoms with Crippen molar-refractivity contribution in [1.29, 1.82) is 0 Å². The number of nitrogens with zero attached hydrogens (tertiary/aromatic N) is 3. The quantitative estimate of drug-likeness (QED) is 0.663. The van der Waals surface area contributed by atoms with Crippen LogP contribution in [0.3, 0.4) is 0 Å². The van der Waals surface area contributed by atoms with E-state index < -0.39 is 0 Å². The Morgan fingerprint density at radius 1 is 1.44 bits per heavy atom. The van der Waals surface area contributed by atoms with E-state index in [0.717, 1.165) is 49.4 Å². The maximum Gasteiger partial charge on any atom is 0.241 e. The summed E-state index contributed by atoms with van der Waals surface area (Å²) in [7, 11) is 0. The number of carbonyl (C=O) groups is 1. The van der Waals surface area contributed by atoms with Gasteiger partial charge in [0.2, 0.25) is 5.91 Å². The molecular formula is C18H28N6O. The van der Waals surface area contributed by atoms with E-state index in [2.05, 4.69) is 25.9 Å². The minimum Gasteiger partial charge on any atom is -0.354 e. The highest BCUT2D eigenvalue weighted by atomic mass is 16.2. The highest BCUT2D eigenvalue weighted by Crippen LogP contribution is 2.22. The number of aryl methyl sites for hydroxylation is 2. The number of amides is 1. The first-order valence-electron chi connectivity index (χ1n) is 9.14. The molecule has 0 aromatic carbocycles. The molecule has 136 valence electrons. The summed E-state index contributed by atoms with van der Waals surface area (Å²) in [6, 6.07) is 2.04. The maximum absolute atomic E-state index is 12.2. The maximum atomic E-state index is 12.2. The van der Waals surface area contributed by atoms with Crippen LogP contribution in [0.1, 0.15) is 47.8 Å². The second-order valence-electron chi connectivity index (χ2n) is 6.82. The van der Waals surface area contributed by atoms with Crippen LogP contribution in [-0.4, -0.2) is 45.5 Å². The summed E-state index contributed by atoms with van der Waals surface area (Å²) in [5.74, 6) is 0.477. The predicted octanol–water partition coefficient (Wildman–Crippen LogP) is 1.44. The molecule has 7 nitrogen and oxygen atoms in total. The van der Waals surface area contributed by atoms with Crippen molar-refractivity contribution in [2.75, 3.05) is 19.6 Å². The van der Waals surface area contributed by atoms with E-state index in [1.807, 2.05) is 24.6 Å². The normalized spacial score (nSPS) is 17.6. The molecule has 25 heavy (non-hydrogen) atoms. The molecular weight excluding hydrogens is 316 g/mol. The van der Waals surface area contributed by atoms with Gasteiger partial charge in [-0.05, 0) is 57.7 Å². The van der Waals surface area contributed by atoms with Gasteiger partial charge in [-0.15, -0.1) is 0 Å². The first-order chi connectivity index (χ1) is 12.1. The zero-order chi connectivity index (χ0) is 17.6. The third kappa shape index (κ3) is 4.48. The molecule has 0 saturated carbocycles. The van der Waals surface area contributed by atoms with Crippen LogP contribution in [-0.2, 0) is 17.8 Å². The van der Waals surface area contributed by atoms with Crippen LogP contribution in [0.4, 0.5) is 0 Å². The van der Waals surface area contributed by atoms with Gasteiger partial charge in [0.25, 0.3) is 0 Å². The fourth-order valence-corrected chi connectivity index (χ4v) is 3.55. The minimum absolute atomic E-state index is 0.0226. The topological polar surface area (TPSA) is 87.6 Å². The van der Waals surface area contributed by atoms with Crippen molar-refractivity contribution in [1.82, 2.24) is 30.6 Å². The van der Waals surface area contributed by atoms with Crippen LogP contribution in [0.25, 0.3) is 0 Å². The van der Waals surface area contributed by atoms with Gasteiger partial charge in [-0.1, -0.05) is 0 Å². The second-order valence-corrected chi connectivity index (χ2v) is 6.82. The highest BCUT2D eigenvalue weighted by molar-refractivity contribution is 5.75. The molecule has 1 aliphatic heterocycles. The Bertz CT molecular complexity index is 679. The first kappa shape index (κ1) is 17.7. The molecule has 0 radical (unpaired) electrons. The standard InChI is InChI=1S/C18H28N6O/c1-13-16(14(2)23-22-13)6-4-9-20-18(25)12-24-17(7-10-21-24)15-5-3-8-19-11-15/h7,10,15,19H,3-6,8-9,11-12H2,1-2H3,(H,20,25)(H,22,23)/t15-/m1/s1. The number of aromatic nitrogens is 4. The van der Waals surface area contributed by atoms with Crippen molar-refractivity contribution in [3.63, 3.8) is 0 Å². The van der Waals surface area contributed by atoms with Gasteiger partial charge in [0.15, 0.2) is 0 Å². The monoisotopic (exact) mass is 344 g/mol. The SMILES string of the molecule is Cc1n[nH]c(C)c1CCCNC(=O)Cn1nccc1[C@@H]1CCCNC1. The molecule has 1 saturated heterocycles. The van der Waals surface area contributed by atoms with E-state index in [1.54, 1.807) is 6.20 Å². The van der Waals surface area contributed by atoms with Gasteiger partial charge in [0, 0.05) is 36.6 Å². The van der Waals surface area contributed by atoms with Crippen LogP contribution < -0.4 is 10.6 Å². The summed E-state index contributed by atoms with van der Waals surface area (Å²) in [6.07, 6.45) is 5.96. The number of H-pyrrole nitrogens is 1. The van der Waals surface area contributed by atoms with Crippen molar-refractivity contribution >= 4 is 5.91 Å². The van der Waals surface area contributed by atoms with Gasteiger partial charge in [0.1, 0.15) is 6.54 Å². The first-order valence-corrected chi connectivity index (χ1v) is 9.14. The van der Waals surface area contributed by atoms with Crippen LogP contribution in [0.2, 0.25) is 0 Å². The van der Waals surface area contributed by atoms with E-state index >= 15 is 0 Å². The average molecular weight is 344 g/mol. The summed E-state index contributed by atoms with van der Waals surface area (Å²) in [5.41, 5.74) is 4.58. The molecule has 0 aliphatic carbocycles. The Balaban J connectivity index is 1.44. The van der Waals surface area contributed by atoms with Crippen LogP contribution in [0, 0.1) is 13.8 Å². The molecule has 2 aromatic heterocycles. The Kier molecular flexibility index (Phi) is 5.86. The third-order valence-corrected chi connectivity index (χ3v) is 4.96. The lowest BCUT2D eigenvalue weighted by molar-refractivity contribution is -0.121. The molecule has 0 spiro atoms. The van der Waals surface area contributed by atoms with Gasteiger partial charge >= 0.3 is 0 Å². The zero-order valence-electron chi connectivity index (χ0n) is 15.1. The molecule has 0 unspecified atom stereocenters. The Morgan fingerprint density at radius 2 is 2.32 bits per heavy atom. The summed E-state index contributed by atoms with van der Waals surface area (Å²) < 4.78 is 1.84. The third-order valence-electron chi connectivity index (χ3n) is 4.96. The second kappa shape index (κ2) is 8.29. The Morgan fingerprint density at radius 3 is 3.04 bits per heavy atom. The lowest BCUT2D eigenvalue weighted by Gasteiger charge is -2.23. The van der Waals surface area contributed by atoms with Crippen LogP contribution in [0.5, 0.6) is 0 Å². The van der Waals surface area contributed by atoms with Crippen LogP contribution >= 0.6 is 0 Å². The molecule has 3 heterocycles. The van der Waals surface area contributed by atoms with Gasteiger partial charge in [-0.25, -0.2) is 0 Å². The number of hydrogen-bond acceptors (Lipinski definition) is 4. The molecule has 1 amide bonds. The zero-order valence-corrected chi connectivity index (χ0v) is 15.1. The molecule has 2 aromatic rings. The molecule has 7 heteroatoms. The smallest absolute Gasteiger partial charge is 0.241 e. The van der Waals surface area contributed by atoms with E-state index in [-0.39, 0.29) is 5.91 Å². The fourth-order valence-electron chi connectivity index (χ4n) is 3.55. The fraction of sp³-hybridized carbons (Fsp3) is 0.611. The van der Waals surface area contributed by atoms with Gasteiger partial charge < -0.3 is 10.6 Å². The van der Waals surface area contributed by atoms with Gasteiger partial charge in [-0.2, -0.15) is 10.2 Å². The van der Waals surface area contributed by atoms with E-state index in [1.165, 1.54) is 12.0 Å². The van der Waals surface area contributed by atoms with Crippen molar-refractivity contribution in [3.8, 4) is 0 Å². The molecule has 3 N–H and O–H groups in total. The number of aromatic amines is 1. The summed E-state index contributed by atoms with van der Waals surface area (Å²) in [5, 5.41) is 18.0. The van der Waals surface area contributed by atoms with E-state index in [4.69, 9.17) is 0 Å². The lowest BCUT2D eigenvalue weighted by atomic mass is 9.96. The Labute approximate surface area is 148 Å². The molecule has 1 aliphatic rings. The summed E-state index contributed by atoms with van der Waals surface area (Å²) in [6.45, 7) is 7.06. The molecule has 1 atom stereocenters. The number of carbonyl (C=O) groups excluding carboxylic acids is 1. The number of piperidine rings is 1. The largest absolute Gasteiger partial charge is 0.354 e.